The predicted octanol–water partition coefficient (Wildman–Crippen LogP) is 1.57. The number of carbonyl (C=O) groups is 3. The van der Waals surface area contributed by atoms with E-state index in [1.807, 2.05) is 32.0 Å². The molecule has 0 radical (unpaired) electrons. The number of hydrogen-bond acceptors (Lipinski definition) is 5. The maximum Gasteiger partial charge on any atom is 0.246 e. The molecule has 0 bridgehead atoms. The van der Waals surface area contributed by atoms with Crippen LogP contribution in [0.25, 0.3) is 10.9 Å². The van der Waals surface area contributed by atoms with Crippen molar-refractivity contribution in [2.24, 2.45) is 0 Å². The fourth-order valence-corrected chi connectivity index (χ4v) is 4.73. The van der Waals surface area contributed by atoms with Crippen molar-refractivity contribution in [3.8, 4) is 5.75 Å². The van der Waals surface area contributed by atoms with E-state index in [4.69, 9.17) is 9.47 Å². The van der Waals surface area contributed by atoms with E-state index in [1.54, 1.807) is 12.0 Å². The van der Waals surface area contributed by atoms with Crippen LogP contribution < -0.4 is 10.1 Å². The van der Waals surface area contributed by atoms with Crippen molar-refractivity contribution in [3.05, 3.63) is 29.5 Å². The molecule has 8 heteroatoms. The van der Waals surface area contributed by atoms with Gasteiger partial charge in [-0.3, -0.25) is 14.4 Å². The molecule has 0 aliphatic carbocycles. The van der Waals surface area contributed by atoms with Gasteiger partial charge < -0.3 is 24.7 Å². The lowest BCUT2D eigenvalue weighted by Crippen LogP contribution is -2.61. The van der Waals surface area contributed by atoms with Gasteiger partial charge in [-0.1, -0.05) is 0 Å². The topological polar surface area (TPSA) is 104 Å². The predicted molar refractivity (Wildman–Crippen MR) is 109 cm³/mol. The van der Waals surface area contributed by atoms with Crippen molar-refractivity contribution >= 4 is 28.5 Å². The van der Waals surface area contributed by atoms with E-state index < -0.39 is 17.7 Å². The largest absolute Gasteiger partial charge is 0.497 e. The van der Waals surface area contributed by atoms with Gasteiger partial charge >= 0.3 is 0 Å². The highest BCUT2D eigenvalue weighted by atomic mass is 16.6. The van der Waals surface area contributed by atoms with E-state index in [0.29, 0.717) is 24.4 Å². The van der Waals surface area contributed by atoms with Crippen molar-refractivity contribution in [2.45, 2.75) is 56.9 Å². The van der Waals surface area contributed by atoms with E-state index in [-0.39, 0.29) is 30.1 Å². The number of aromatic nitrogens is 1. The molecule has 3 aliphatic heterocycles. The summed E-state index contributed by atoms with van der Waals surface area (Å²) in [4.78, 5) is 43.6. The Labute approximate surface area is 173 Å². The number of fused-ring (bicyclic) bond motifs is 2. The Morgan fingerprint density at radius 3 is 2.80 bits per heavy atom. The molecule has 3 saturated heterocycles. The lowest BCUT2D eigenvalue weighted by molar-refractivity contribution is -0.146. The van der Waals surface area contributed by atoms with Crippen LogP contribution in [0.3, 0.4) is 0 Å². The first-order valence-corrected chi connectivity index (χ1v) is 10.3. The Hall–Kier alpha value is -2.87. The average Bonchev–Trinajstić information content (AvgIpc) is 3.09. The second-order valence-corrected chi connectivity index (χ2v) is 8.81. The molecule has 3 aliphatic rings. The lowest BCUT2D eigenvalue weighted by Gasteiger charge is -2.34. The third-order valence-corrected chi connectivity index (χ3v) is 6.45. The van der Waals surface area contributed by atoms with Crippen molar-refractivity contribution < 1.29 is 23.9 Å². The second-order valence-electron chi connectivity index (χ2n) is 8.81. The fourth-order valence-electron chi connectivity index (χ4n) is 4.73. The molecule has 4 heterocycles. The highest BCUT2D eigenvalue weighted by molar-refractivity contribution is 6.07. The van der Waals surface area contributed by atoms with Crippen LogP contribution in [0.5, 0.6) is 5.75 Å². The summed E-state index contributed by atoms with van der Waals surface area (Å²) in [6.07, 6.45) is 1.26. The van der Waals surface area contributed by atoms with Crippen LogP contribution in [-0.2, 0) is 20.7 Å². The van der Waals surface area contributed by atoms with Gasteiger partial charge in [0.1, 0.15) is 17.8 Å². The van der Waals surface area contributed by atoms with Gasteiger partial charge in [-0.05, 0) is 44.4 Å². The number of ketones is 1. The Bertz CT molecular complexity index is 1070. The first kappa shape index (κ1) is 19.1. The SMILES string of the molecule is COc1ccc2c(C[C@@H]3NC(=O)[C@@H]4CCCN4C3=O)c(C(=O)[C@H]3OC3(C)C)[nH]c2c1. The van der Waals surface area contributed by atoms with Crippen LogP contribution in [0.2, 0.25) is 0 Å². The molecule has 8 nitrogen and oxygen atoms in total. The van der Waals surface area contributed by atoms with Crippen molar-refractivity contribution in [2.75, 3.05) is 13.7 Å². The van der Waals surface area contributed by atoms with Crippen LogP contribution in [-0.4, -0.2) is 64.9 Å². The van der Waals surface area contributed by atoms with E-state index in [1.165, 1.54) is 0 Å². The number of aromatic amines is 1. The molecule has 5 rings (SSSR count). The molecule has 0 saturated carbocycles. The highest BCUT2D eigenvalue weighted by Crippen LogP contribution is 2.39. The number of benzene rings is 1. The standard InChI is InChI=1S/C22H25N3O5/c1-22(2)19(30-22)18(26)17-13(12-7-6-11(29-3)9-14(12)23-17)10-15-21(28)25-8-4-5-16(25)20(27)24-15/h6-7,9,15-16,19,23H,4-5,8,10H2,1-3H3,(H,24,27)/t15-,16-,19+/m0/s1. The molecular weight excluding hydrogens is 386 g/mol. The number of Topliss-reactive ketones (excluding diaryl/α,β-unsaturated/α-hetero) is 1. The first-order valence-electron chi connectivity index (χ1n) is 10.3. The number of hydrogen-bond donors (Lipinski definition) is 2. The maximum atomic E-state index is 13.2. The van der Waals surface area contributed by atoms with E-state index in [2.05, 4.69) is 10.3 Å². The van der Waals surface area contributed by atoms with Crippen LogP contribution in [0.4, 0.5) is 0 Å². The molecule has 2 N–H and O–H groups in total. The van der Waals surface area contributed by atoms with Crippen LogP contribution in [0, 0.1) is 0 Å². The molecular formula is C22H25N3O5. The number of epoxide rings is 1. The summed E-state index contributed by atoms with van der Waals surface area (Å²) < 4.78 is 10.9. The van der Waals surface area contributed by atoms with Gasteiger partial charge in [0.25, 0.3) is 0 Å². The summed E-state index contributed by atoms with van der Waals surface area (Å²) in [5.41, 5.74) is 1.40. The Morgan fingerprint density at radius 2 is 2.10 bits per heavy atom. The van der Waals surface area contributed by atoms with Gasteiger partial charge in [0.2, 0.25) is 17.6 Å². The molecule has 30 heavy (non-hydrogen) atoms. The third kappa shape index (κ3) is 2.89. The van der Waals surface area contributed by atoms with E-state index in [0.717, 1.165) is 22.9 Å². The zero-order valence-electron chi connectivity index (χ0n) is 17.3. The normalized spacial score (nSPS) is 27.2. The quantitative estimate of drug-likeness (QED) is 0.574. The third-order valence-electron chi connectivity index (χ3n) is 6.45. The number of methoxy groups -OCH3 is 1. The monoisotopic (exact) mass is 411 g/mol. The zero-order chi connectivity index (χ0) is 21.2. The molecule has 3 fully saturated rings. The molecule has 0 spiro atoms. The number of nitrogens with zero attached hydrogens (tertiary/aromatic N) is 1. The summed E-state index contributed by atoms with van der Waals surface area (Å²) in [6.45, 7) is 4.35. The van der Waals surface area contributed by atoms with Gasteiger partial charge in [-0.25, -0.2) is 0 Å². The van der Waals surface area contributed by atoms with E-state index in [9.17, 15) is 14.4 Å². The number of carbonyl (C=O) groups excluding carboxylic acids is 3. The van der Waals surface area contributed by atoms with Gasteiger partial charge in [0.15, 0.2) is 6.10 Å². The minimum atomic E-state index is -0.687. The Kier molecular flexibility index (Phi) is 4.18. The van der Waals surface area contributed by atoms with Gasteiger partial charge in [-0.15, -0.1) is 0 Å². The van der Waals surface area contributed by atoms with Crippen molar-refractivity contribution in [1.29, 1.82) is 0 Å². The first-order chi connectivity index (χ1) is 14.3. The van der Waals surface area contributed by atoms with Gasteiger partial charge in [0.05, 0.1) is 18.4 Å². The Morgan fingerprint density at radius 1 is 1.33 bits per heavy atom. The summed E-state index contributed by atoms with van der Waals surface area (Å²) in [5.74, 6) is 0.331. The van der Waals surface area contributed by atoms with E-state index >= 15 is 0 Å². The lowest BCUT2D eigenvalue weighted by atomic mass is 9.95. The molecule has 3 atom stereocenters. The molecule has 0 unspecified atom stereocenters. The van der Waals surface area contributed by atoms with Crippen LogP contribution in [0.1, 0.15) is 42.7 Å². The van der Waals surface area contributed by atoms with Gasteiger partial charge in [-0.2, -0.15) is 0 Å². The number of H-pyrrole nitrogens is 1. The highest BCUT2D eigenvalue weighted by Gasteiger charge is 2.54. The summed E-state index contributed by atoms with van der Waals surface area (Å²) in [7, 11) is 1.58. The second kappa shape index (κ2) is 6.57. The number of amides is 2. The number of piperazine rings is 1. The minimum Gasteiger partial charge on any atom is -0.497 e. The molecule has 158 valence electrons. The Balaban J connectivity index is 1.53. The summed E-state index contributed by atoms with van der Waals surface area (Å²) in [5, 5.41) is 3.72. The minimum absolute atomic E-state index is 0.0821. The fraction of sp³-hybridized carbons (Fsp3) is 0.500. The number of rotatable bonds is 5. The van der Waals surface area contributed by atoms with Crippen molar-refractivity contribution in [1.82, 2.24) is 15.2 Å². The molecule has 1 aromatic heterocycles. The van der Waals surface area contributed by atoms with Crippen LogP contribution in [0.15, 0.2) is 18.2 Å². The average molecular weight is 411 g/mol. The smallest absolute Gasteiger partial charge is 0.246 e. The van der Waals surface area contributed by atoms with Crippen LogP contribution >= 0.6 is 0 Å². The maximum absolute atomic E-state index is 13.2. The zero-order valence-corrected chi connectivity index (χ0v) is 17.3. The molecule has 1 aromatic carbocycles. The number of ether oxygens (including phenoxy) is 2. The molecule has 2 aromatic rings. The van der Waals surface area contributed by atoms with Gasteiger partial charge in [0, 0.05) is 29.9 Å². The summed E-state index contributed by atoms with van der Waals surface area (Å²) in [6, 6.07) is 4.48. The summed E-state index contributed by atoms with van der Waals surface area (Å²) >= 11 is 0. The molecule has 2 amide bonds. The number of nitrogens with one attached hydrogen (secondary N) is 2. The van der Waals surface area contributed by atoms with Crippen molar-refractivity contribution in [3.63, 3.8) is 0 Å².